The van der Waals surface area contributed by atoms with Crippen molar-refractivity contribution in [2.24, 2.45) is 0 Å². The summed E-state index contributed by atoms with van der Waals surface area (Å²) in [5, 5.41) is 6.35. The van der Waals surface area contributed by atoms with Crippen LogP contribution in [0.3, 0.4) is 0 Å². The van der Waals surface area contributed by atoms with Gasteiger partial charge in [-0.05, 0) is 73.4 Å². The van der Waals surface area contributed by atoms with E-state index in [0.29, 0.717) is 4.91 Å². The molecule has 0 spiro atoms. The number of benzene rings is 5. The van der Waals surface area contributed by atoms with Crippen LogP contribution in [-0.4, -0.2) is 16.0 Å². The van der Waals surface area contributed by atoms with Crippen LogP contribution < -0.4 is 0 Å². The minimum Gasteiger partial charge on any atom is -0.268 e. The molecule has 1 saturated heterocycles. The van der Waals surface area contributed by atoms with E-state index in [4.69, 9.17) is 0 Å². The second-order valence-corrected chi connectivity index (χ2v) is 9.18. The number of nitrogens with zero attached hydrogens (tertiary/aromatic N) is 1. The van der Waals surface area contributed by atoms with Crippen molar-refractivity contribution in [1.29, 1.82) is 0 Å². The molecule has 5 aromatic carbocycles. The summed E-state index contributed by atoms with van der Waals surface area (Å²) in [6, 6.07) is 32.6. The van der Waals surface area contributed by atoms with Gasteiger partial charge in [0.15, 0.2) is 0 Å². The van der Waals surface area contributed by atoms with E-state index in [1.807, 2.05) is 66.7 Å². The van der Waals surface area contributed by atoms with Gasteiger partial charge in [-0.2, -0.15) is 0 Å². The van der Waals surface area contributed by atoms with Crippen LogP contribution in [0.1, 0.15) is 11.1 Å². The number of thioether (sulfide) groups is 1. The Hall–Kier alpha value is -3.89. The topological polar surface area (TPSA) is 37.4 Å². The summed E-state index contributed by atoms with van der Waals surface area (Å²) in [4.78, 5) is 27.9. The molecule has 0 N–H and O–H groups in total. The Bertz CT molecular complexity index is 1560. The third kappa shape index (κ3) is 3.49. The molecule has 158 valence electrons. The maximum atomic E-state index is 13.3. The van der Waals surface area contributed by atoms with Gasteiger partial charge in [0.25, 0.3) is 11.1 Å². The fraction of sp³-hybridized carbons (Fsp3) is 0.0345. The Labute approximate surface area is 195 Å². The SMILES string of the molecule is O=C1S/C(=C/c2c3ccccc3cc3ccccc23)C(=O)N1Cc1ccc2ccccc2c1. The molecule has 6 rings (SSSR count). The summed E-state index contributed by atoms with van der Waals surface area (Å²) >= 11 is 1.02. The molecule has 1 aliphatic heterocycles. The minimum atomic E-state index is -0.241. The van der Waals surface area contributed by atoms with E-state index >= 15 is 0 Å². The van der Waals surface area contributed by atoms with Gasteiger partial charge in [0.2, 0.25) is 0 Å². The Morgan fingerprint density at radius 1 is 0.667 bits per heavy atom. The van der Waals surface area contributed by atoms with Gasteiger partial charge in [0, 0.05) is 0 Å². The number of carbonyl (C=O) groups is 2. The zero-order chi connectivity index (χ0) is 22.4. The van der Waals surface area contributed by atoms with E-state index in [-0.39, 0.29) is 17.7 Å². The average Bonchev–Trinajstić information content (AvgIpc) is 3.11. The van der Waals surface area contributed by atoms with Crippen LogP contribution in [0.5, 0.6) is 0 Å². The monoisotopic (exact) mass is 445 g/mol. The number of fused-ring (bicyclic) bond motifs is 3. The van der Waals surface area contributed by atoms with Crippen molar-refractivity contribution >= 4 is 61.3 Å². The number of amides is 2. The molecule has 1 heterocycles. The van der Waals surface area contributed by atoms with Gasteiger partial charge in [0.05, 0.1) is 11.4 Å². The van der Waals surface area contributed by atoms with Gasteiger partial charge >= 0.3 is 0 Å². The molecule has 1 aliphatic rings. The van der Waals surface area contributed by atoms with E-state index in [0.717, 1.165) is 55.2 Å². The average molecular weight is 446 g/mol. The van der Waals surface area contributed by atoms with Gasteiger partial charge in [-0.15, -0.1) is 0 Å². The van der Waals surface area contributed by atoms with Crippen LogP contribution in [0.4, 0.5) is 4.79 Å². The number of carbonyl (C=O) groups excluding carboxylic acids is 2. The highest BCUT2D eigenvalue weighted by Gasteiger charge is 2.35. The number of hydrogen-bond donors (Lipinski definition) is 0. The first kappa shape index (κ1) is 19.8. The van der Waals surface area contributed by atoms with E-state index in [9.17, 15) is 9.59 Å². The smallest absolute Gasteiger partial charge is 0.268 e. The zero-order valence-corrected chi connectivity index (χ0v) is 18.5. The molecule has 3 nitrogen and oxygen atoms in total. The molecular formula is C29H19NO2S. The zero-order valence-electron chi connectivity index (χ0n) is 17.7. The van der Waals surface area contributed by atoms with E-state index < -0.39 is 0 Å². The molecule has 0 saturated carbocycles. The third-order valence-corrected chi connectivity index (χ3v) is 7.02. The first-order valence-corrected chi connectivity index (χ1v) is 11.6. The largest absolute Gasteiger partial charge is 0.293 e. The second-order valence-electron chi connectivity index (χ2n) is 8.18. The highest BCUT2D eigenvalue weighted by atomic mass is 32.2. The summed E-state index contributed by atoms with van der Waals surface area (Å²) in [7, 11) is 0. The molecule has 0 aliphatic carbocycles. The van der Waals surface area contributed by atoms with Crippen molar-refractivity contribution in [3.8, 4) is 0 Å². The highest BCUT2D eigenvalue weighted by molar-refractivity contribution is 8.18. The lowest BCUT2D eigenvalue weighted by Gasteiger charge is -2.13. The Morgan fingerprint density at radius 2 is 1.27 bits per heavy atom. The van der Waals surface area contributed by atoms with Gasteiger partial charge in [0.1, 0.15) is 0 Å². The molecule has 33 heavy (non-hydrogen) atoms. The molecule has 0 atom stereocenters. The molecular weight excluding hydrogens is 426 g/mol. The second kappa shape index (κ2) is 7.91. The van der Waals surface area contributed by atoms with Crippen LogP contribution >= 0.6 is 11.8 Å². The predicted molar refractivity (Wildman–Crippen MR) is 137 cm³/mol. The predicted octanol–water partition coefficient (Wildman–Crippen LogP) is 7.38. The Kier molecular flexibility index (Phi) is 4.74. The van der Waals surface area contributed by atoms with Crippen LogP contribution in [0.2, 0.25) is 0 Å². The maximum Gasteiger partial charge on any atom is 0.293 e. The third-order valence-electron chi connectivity index (χ3n) is 6.12. The lowest BCUT2D eigenvalue weighted by molar-refractivity contribution is -0.123. The van der Waals surface area contributed by atoms with Crippen LogP contribution in [0.25, 0.3) is 38.4 Å². The first-order valence-electron chi connectivity index (χ1n) is 10.8. The maximum absolute atomic E-state index is 13.3. The molecule has 1 fully saturated rings. The van der Waals surface area contributed by atoms with Crippen LogP contribution in [0, 0.1) is 0 Å². The van der Waals surface area contributed by atoms with Gasteiger partial charge in [-0.1, -0.05) is 84.9 Å². The summed E-state index contributed by atoms with van der Waals surface area (Å²) < 4.78 is 0. The minimum absolute atomic E-state index is 0.232. The van der Waals surface area contributed by atoms with Crippen molar-refractivity contribution in [3.63, 3.8) is 0 Å². The fourth-order valence-electron chi connectivity index (χ4n) is 4.49. The van der Waals surface area contributed by atoms with E-state index in [2.05, 4.69) is 36.4 Å². The van der Waals surface area contributed by atoms with Crippen molar-refractivity contribution in [2.45, 2.75) is 6.54 Å². The van der Waals surface area contributed by atoms with Gasteiger partial charge < -0.3 is 0 Å². The Balaban J connectivity index is 1.40. The van der Waals surface area contributed by atoms with E-state index in [1.54, 1.807) is 0 Å². The lowest BCUT2D eigenvalue weighted by atomic mass is 9.96. The molecule has 5 aromatic rings. The molecule has 0 unspecified atom stereocenters. The quantitative estimate of drug-likeness (QED) is 0.215. The number of hydrogen-bond acceptors (Lipinski definition) is 3. The van der Waals surface area contributed by atoms with Crippen molar-refractivity contribution in [3.05, 3.63) is 113 Å². The molecule has 4 heteroatoms. The van der Waals surface area contributed by atoms with Crippen molar-refractivity contribution in [1.82, 2.24) is 4.90 Å². The number of rotatable bonds is 3. The molecule has 0 aromatic heterocycles. The molecule has 0 bridgehead atoms. The van der Waals surface area contributed by atoms with E-state index in [1.165, 1.54) is 4.90 Å². The summed E-state index contributed by atoms with van der Waals surface area (Å²) in [5.74, 6) is -0.241. The summed E-state index contributed by atoms with van der Waals surface area (Å²) in [6.07, 6.45) is 1.88. The van der Waals surface area contributed by atoms with Crippen LogP contribution in [-0.2, 0) is 11.3 Å². The van der Waals surface area contributed by atoms with Crippen LogP contribution in [0.15, 0.2) is 102 Å². The van der Waals surface area contributed by atoms with Gasteiger partial charge in [-0.3, -0.25) is 14.5 Å². The summed E-state index contributed by atoms with van der Waals surface area (Å²) in [6.45, 7) is 0.267. The van der Waals surface area contributed by atoms with Crippen molar-refractivity contribution in [2.75, 3.05) is 0 Å². The van der Waals surface area contributed by atoms with Gasteiger partial charge in [-0.25, -0.2) is 0 Å². The Morgan fingerprint density at radius 3 is 1.97 bits per heavy atom. The fourth-order valence-corrected chi connectivity index (χ4v) is 5.31. The van der Waals surface area contributed by atoms with Crippen molar-refractivity contribution < 1.29 is 9.59 Å². The standard InChI is InChI=1S/C29H19NO2S/c31-28-27(17-26-24-11-5-3-9-22(24)16-23-10-4-6-12-25(23)26)33-29(32)30(28)18-19-13-14-20-7-1-2-8-21(20)15-19/h1-17H,18H2/b27-17+. The highest BCUT2D eigenvalue weighted by Crippen LogP contribution is 2.37. The molecule has 0 radical (unpaired) electrons. The molecule has 2 amide bonds. The number of imide groups is 1. The first-order chi connectivity index (χ1) is 16.2. The lowest BCUT2D eigenvalue weighted by Crippen LogP contribution is -2.27. The normalized spacial score (nSPS) is 15.4. The summed E-state index contributed by atoms with van der Waals surface area (Å²) in [5.41, 5.74) is 1.91.